The average Bonchev–Trinajstić information content (AvgIpc) is 2.29. The van der Waals surface area contributed by atoms with Crippen molar-refractivity contribution in [2.45, 2.75) is 6.54 Å². The van der Waals surface area contributed by atoms with Crippen LogP contribution in [0.25, 0.3) is 0 Å². The number of ether oxygens (including phenoxy) is 1. The molecule has 4 heteroatoms. The number of nitrogens with zero attached hydrogens (tertiary/aromatic N) is 1. The Bertz CT molecular complexity index is 337. The minimum absolute atomic E-state index is 0.195. The minimum Gasteiger partial charge on any atom is -0.378 e. The first kappa shape index (κ1) is 10.4. The van der Waals surface area contributed by atoms with E-state index in [1.165, 1.54) is 6.07 Å². The summed E-state index contributed by atoms with van der Waals surface area (Å²) in [5.74, 6) is -0.195. The predicted octanol–water partition coefficient (Wildman–Crippen LogP) is 1.12. The molecule has 1 aromatic rings. The molecule has 0 spiro atoms. The molecule has 0 radical (unpaired) electrons. The van der Waals surface area contributed by atoms with Crippen LogP contribution in [-0.4, -0.2) is 26.3 Å². The van der Waals surface area contributed by atoms with Gasteiger partial charge >= 0.3 is 0 Å². The molecule has 1 aromatic carbocycles. The third-order valence-corrected chi connectivity index (χ3v) is 2.62. The molecule has 0 aromatic heterocycles. The van der Waals surface area contributed by atoms with E-state index >= 15 is 0 Å². The van der Waals surface area contributed by atoms with Gasteiger partial charge in [-0.3, -0.25) is 0 Å². The first-order chi connectivity index (χ1) is 7.33. The largest absolute Gasteiger partial charge is 0.378 e. The zero-order chi connectivity index (χ0) is 10.7. The predicted molar refractivity (Wildman–Crippen MR) is 57.3 cm³/mol. The van der Waals surface area contributed by atoms with Gasteiger partial charge in [-0.2, -0.15) is 0 Å². The van der Waals surface area contributed by atoms with E-state index in [0.717, 1.165) is 18.7 Å². The number of benzene rings is 1. The molecular formula is C11H15FN2O. The molecule has 0 aliphatic carbocycles. The highest BCUT2D eigenvalue weighted by Crippen LogP contribution is 2.24. The van der Waals surface area contributed by atoms with Crippen molar-refractivity contribution in [3.63, 3.8) is 0 Å². The number of anilines is 1. The molecule has 0 amide bonds. The molecule has 0 bridgehead atoms. The summed E-state index contributed by atoms with van der Waals surface area (Å²) in [6, 6.07) is 5.04. The lowest BCUT2D eigenvalue weighted by molar-refractivity contribution is 0.122. The van der Waals surface area contributed by atoms with Gasteiger partial charge in [0.25, 0.3) is 0 Å². The lowest BCUT2D eigenvalue weighted by Gasteiger charge is -2.30. The number of halogens is 1. The quantitative estimate of drug-likeness (QED) is 0.795. The van der Waals surface area contributed by atoms with E-state index < -0.39 is 0 Å². The lowest BCUT2D eigenvalue weighted by atomic mass is 10.1. The van der Waals surface area contributed by atoms with Gasteiger partial charge in [0.05, 0.1) is 18.9 Å². The van der Waals surface area contributed by atoms with Crippen molar-refractivity contribution in [1.29, 1.82) is 0 Å². The zero-order valence-corrected chi connectivity index (χ0v) is 8.58. The van der Waals surface area contributed by atoms with E-state index in [9.17, 15) is 4.39 Å². The average molecular weight is 210 g/mol. The number of hydrogen-bond acceptors (Lipinski definition) is 3. The molecule has 1 aliphatic rings. The van der Waals surface area contributed by atoms with E-state index in [4.69, 9.17) is 10.5 Å². The van der Waals surface area contributed by atoms with Gasteiger partial charge < -0.3 is 15.4 Å². The number of para-hydroxylation sites is 1. The molecule has 2 N–H and O–H groups in total. The van der Waals surface area contributed by atoms with Crippen LogP contribution in [0.5, 0.6) is 0 Å². The molecule has 1 heterocycles. The van der Waals surface area contributed by atoms with Gasteiger partial charge in [0.1, 0.15) is 5.82 Å². The molecule has 0 unspecified atom stereocenters. The lowest BCUT2D eigenvalue weighted by Crippen LogP contribution is -2.37. The topological polar surface area (TPSA) is 38.5 Å². The Balaban J connectivity index is 2.31. The molecule has 0 saturated carbocycles. The summed E-state index contributed by atoms with van der Waals surface area (Å²) in [6.45, 7) is 3.13. The van der Waals surface area contributed by atoms with Crippen molar-refractivity contribution in [1.82, 2.24) is 0 Å². The minimum atomic E-state index is -0.195. The van der Waals surface area contributed by atoms with Gasteiger partial charge in [-0.1, -0.05) is 12.1 Å². The summed E-state index contributed by atoms with van der Waals surface area (Å²) in [4.78, 5) is 2.00. The first-order valence-electron chi connectivity index (χ1n) is 5.13. The smallest absolute Gasteiger partial charge is 0.146 e. The fraction of sp³-hybridized carbons (Fsp3) is 0.455. The maximum Gasteiger partial charge on any atom is 0.146 e. The van der Waals surface area contributed by atoms with E-state index in [1.807, 2.05) is 11.0 Å². The van der Waals surface area contributed by atoms with Crippen LogP contribution in [0.15, 0.2) is 18.2 Å². The van der Waals surface area contributed by atoms with Gasteiger partial charge in [-0.05, 0) is 11.6 Å². The second-order valence-electron chi connectivity index (χ2n) is 3.55. The number of hydrogen-bond donors (Lipinski definition) is 1. The van der Waals surface area contributed by atoms with Crippen molar-refractivity contribution < 1.29 is 9.13 Å². The number of nitrogens with two attached hydrogens (primary N) is 1. The van der Waals surface area contributed by atoms with Crippen LogP contribution in [0.3, 0.4) is 0 Å². The van der Waals surface area contributed by atoms with Crippen LogP contribution in [-0.2, 0) is 11.3 Å². The number of morpholine rings is 1. The second-order valence-corrected chi connectivity index (χ2v) is 3.55. The summed E-state index contributed by atoms with van der Waals surface area (Å²) >= 11 is 0. The van der Waals surface area contributed by atoms with Gasteiger partial charge in [0.15, 0.2) is 0 Å². The Labute approximate surface area is 88.6 Å². The van der Waals surface area contributed by atoms with Gasteiger partial charge in [0.2, 0.25) is 0 Å². The van der Waals surface area contributed by atoms with E-state index in [-0.39, 0.29) is 5.82 Å². The van der Waals surface area contributed by atoms with Crippen LogP contribution in [0, 0.1) is 5.82 Å². The Morgan fingerprint density at radius 3 is 2.73 bits per heavy atom. The fourth-order valence-electron chi connectivity index (χ4n) is 1.87. The van der Waals surface area contributed by atoms with Crippen molar-refractivity contribution >= 4 is 5.69 Å². The van der Waals surface area contributed by atoms with E-state index in [2.05, 4.69) is 0 Å². The molecule has 1 saturated heterocycles. The summed E-state index contributed by atoms with van der Waals surface area (Å²) in [5.41, 5.74) is 7.10. The summed E-state index contributed by atoms with van der Waals surface area (Å²) in [6.07, 6.45) is 0. The first-order valence-corrected chi connectivity index (χ1v) is 5.13. The standard InChI is InChI=1S/C11H15FN2O/c12-10-3-1-2-9(8-13)11(10)14-4-6-15-7-5-14/h1-3H,4-8,13H2. The summed E-state index contributed by atoms with van der Waals surface area (Å²) in [7, 11) is 0. The van der Waals surface area contributed by atoms with Crippen LogP contribution < -0.4 is 10.6 Å². The van der Waals surface area contributed by atoms with Crippen LogP contribution in [0.1, 0.15) is 5.56 Å². The highest BCUT2D eigenvalue weighted by Gasteiger charge is 2.17. The molecule has 0 atom stereocenters. The Kier molecular flexibility index (Phi) is 3.18. The Morgan fingerprint density at radius 2 is 2.07 bits per heavy atom. The van der Waals surface area contributed by atoms with Gasteiger partial charge in [-0.25, -0.2) is 4.39 Å². The summed E-state index contributed by atoms with van der Waals surface area (Å²) < 4.78 is 18.9. The van der Waals surface area contributed by atoms with E-state index in [1.54, 1.807) is 6.07 Å². The van der Waals surface area contributed by atoms with Crippen molar-refractivity contribution in [3.8, 4) is 0 Å². The molecule has 2 rings (SSSR count). The van der Waals surface area contributed by atoms with Crippen molar-refractivity contribution in [2.24, 2.45) is 5.73 Å². The monoisotopic (exact) mass is 210 g/mol. The number of rotatable bonds is 2. The Morgan fingerprint density at radius 1 is 1.33 bits per heavy atom. The zero-order valence-electron chi connectivity index (χ0n) is 8.58. The molecule has 3 nitrogen and oxygen atoms in total. The Hall–Kier alpha value is -1.13. The fourth-order valence-corrected chi connectivity index (χ4v) is 1.87. The van der Waals surface area contributed by atoms with E-state index in [0.29, 0.717) is 25.4 Å². The summed E-state index contributed by atoms with van der Waals surface area (Å²) in [5, 5.41) is 0. The normalized spacial score (nSPS) is 16.8. The third kappa shape index (κ3) is 2.11. The SMILES string of the molecule is NCc1cccc(F)c1N1CCOCC1. The van der Waals surface area contributed by atoms with Crippen LogP contribution in [0.2, 0.25) is 0 Å². The maximum atomic E-state index is 13.7. The van der Waals surface area contributed by atoms with Gasteiger partial charge in [0, 0.05) is 19.6 Å². The molecular weight excluding hydrogens is 195 g/mol. The molecule has 15 heavy (non-hydrogen) atoms. The highest BCUT2D eigenvalue weighted by molar-refractivity contribution is 5.55. The van der Waals surface area contributed by atoms with Gasteiger partial charge in [-0.15, -0.1) is 0 Å². The molecule has 82 valence electrons. The van der Waals surface area contributed by atoms with Crippen molar-refractivity contribution in [2.75, 3.05) is 31.2 Å². The maximum absolute atomic E-state index is 13.7. The highest BCUT2D eigenvalue weighted by atomic mass is 19.1. The third-order valence-electron chi connectivity index (χ3n) is 2.62. The van der Waals surface area contributed by atoms with Crippen molar-refractivity contribution in [3.05, 3.63) is 29.6 Å². The molecule has 1 aliphatic heterocycles. The van der Waals surface area contributed by atoms with Crippen LogP contribution in [0.4, 0.5) is 10.1 Å². The second kappa shape index (κ2) is 4.59. The molecule has 1 fully saturated rings. The van der Waals surface area contributed by atoms with Crippen LogP contribution >= 0.6 is 0 Å².